The largest absolute Gasteiger partial charge is 0.462 e. The summed E-state index contributed by atoms with van der Waals surface area (Å²) in [6.45, 7) is 3.47. The van der Waals surface area contributed by atoms with Crippen molar-refractivity contribution in [3.63, 3.8) is 0 Å². The van der Waals surface area contributed by atoms with Gasteiger partial charge in [-0.15, -0.1) is 0 Å². The molecular weight excluding hydrogens is 347 g/mol. The fraction of sp³-hybridized carbons (Fsp3) is 0.476. The van der Waals surface area contributed by atoms with Crippen molar-refractivity contribution >= 4 is 5.91 Å². The fourth-order valence-electron chi connectivity index (χ4n) is 4.40. The molecule has 1 spiro atoms. The normalized spacial score (nSPS) is 23.5. The number of halogens is 1. The lowest BCUT2D eigenvalue weighted by molar-refractivity contribution is -0.146. The van der Waals surface area contributed by atoms with Crippen LogP contribution in [0.1, 0.15) is 36.3 Å². The quantitative estimate of drug-likeness (QED) is 0.877. The second kappa shape index (κ2) is 7.44. The molecular formula is C21H25FN2O3. The summed E-state index contributed by atoms with van der Waals surface area (Å²) in [6.07, 6.45) is 2.78. The zero-order valence-corrected chi connectivity index (χ0v) is 15.4. The van der Waals surface area contributed by atoms with Crippen LogP contribution in [0.5, 0.6) is 0 Å². The molecule has 2 aliphatic rings. The van der Waals surface area contributed by atoms with Crippen molar-refractivity contribution in [3.05, 3.63) is 59.3 Å². The third-order valence-electron chi connectivity index (χ3n) is 5.80. The summed E-state index contributed by atoms with van der Waals surface area (Å²) in [5.74, 6) is 1.35. The Kier molecular flexibility index (Phi) is 5.02. The minimum Gasteiger partial charge on any atom is -0.462 e. The van der Waals surface area contributed by atoms with Gasteiger partial charge in [0.1, 0.15) is 23.9 Å². The van der Waals surface area contributed by atoms with Crippen molar-refractivity contribution in [1.29, 1.82) is 0 Å². The van der Waals surface area contributed by atoms with Crippen molar-refractivity contribution in [2.75, 3.05) is 19.6 Å². The van der Waals surface area contributed by atoms with Gasteiger partial charge in [-0.25, -0.2) is 4.39 Å². The van der Waals surface area contributed by atoms with Gasteiger partial charge < -0.3 is 14.4 Å². The van der Waals surface area contributed by atoms with E-state index in [1.165, 1.54) is 12.1 Å². The molecule has 1 amide bonds. The van der Waals surface area contributed by atoms with E-state index in [1.54, 1.807) is 18.2 Å². The molecule has 0 bridgehead atoms. The third kappa shape index (κ3) is 3.77. The smallest absolute Gasteiger partial charge is 0.230 e. The van der Waals surface area contributed by atoms with Gasteiger partial charge in [0.05, 0.1) is 12.0 Å². The lowest BCUT2D eigenvalue weighted by Gasteiger charge is -2.39. The molecule has 5 nitrogen and oxygen atoms in total. The molecule has 3 heterocycles. The van der Waals surface area contributed by atoms with Crippen LogP contribution in [0.25, 0.3) is 0 Å². The van der Waals surface area contributed by atoms with Crippen LogP contribution in [0, 0.1) is 11.2 Å². The molecule has 1 N–H and O–H groups in total. The lowest BCUT2D eigenvalue weighted by Crippen LogP contribution is -2.49. The zero-order chi connectivity index (χ0) is 18.9. The van der Waals surface area contributed by atoms with Gasteiger partial charge in [0.2, 0.25) is 5.91 Å². The number of benzene rings is 1. The van der Waals surface area contributed by atoms with E-state index < -0.39 is 0 Å². The molecule has 0 aliphatic carbocycles. The molecule has 144 valence electrons. The van der Waals surface area contributed by atoms with E-state index >= 15 is 0 Å². The van der Waals surface area contributed by atoms with Gasteiger partial charge in [0, 0.05) is 19.6 Å². The lowest BCUT2D eigenvalue weighted by atomic mass is 9.78. The molecule has 2 aliphatic heterocycles. The van der Waals surface area contributed by atoms with Gasteiger partial charge in [0.25, 0.3) is 0 Å². The third-order valence-corrected chi connectivity index (χ3v) is 5.80. The molecule has 2 fully saturated rings. The molecule has 4 rings (SSSR count). The molecule has 1 atom stereocenters. The molecule has 2 saturated heterocycles. The Morgan fingerprint density at radius 2 is 1.81 bits per heavy atom. The number of nitrogens with zero attached hydrogens (tertiary/aromatic N) is 2. The molecule has 1 unspecified atom stereocenters. The zero-order valence-electron chi connectivity index (χ0n) is 15.4. The van der Waals surface area contributed by atoms with Gasteiger partial charge in [-0.2, -0.15) is 0 Å². The van der Waals surface area contributed by atoms with Crippen LogP contribution in [0.15, 0.2) is 40.8 Å². The van der Waals surface area contributed by atoms with Crippen LogP contribution in [0.4, 0.5) is 4.39 Å². The number of furan rings is 1. The molecule has 1 aromatic carbocycles. The average Bonchev–Trinajstić information content (AvgIpc) is 3.29. The SMILES string of the molecule is O=C1N(Cc2ccc(F)cc2)CCCC12CCN(Cc1ccc(CO)o1)C2. The Labute approximate surface area is 158 Å². The first-order valence-corrected chi connectivity index (χ1v) is 9.53. The maximum Gasteiger partial charge on any atom is 0.230 e. The summed E-state index contributed by atoms with van der Waals surface area (Å²) >= 11 is 0. The highest BCUT2D eigenvalue weighted by molar-refractivity contribution is 5.84. The second-order valence-electron chi connectivity index (χ2n) is 7.72. The van der Waals surface area contributed by atoms with Crippen LogP contribution >= 0.6 is 0 Å². The van der Waals surface area contributed by atoms with Crippen LogP contribution in [-0.2, 0) is 24.5 Å². The minimum atomic E-state index is -0.315. The number of hydrogen-bond acceptors (Lipinski definition) is 4. The molecule has 2 aromatic rings. The average molecular weight is 372 g/mol. The Balaban J connectivity index is 1.41. The van der Waals surface area contributed by atoms with Gasteiger partial charge in [-0.05, 0) is 55.6 Å². The first-order chi connectivity index (χ1) is 13.1. The highest BCUT2D eigenvalue weighted by atomic mass is 19.1. The fourth-order valence-corrected chi connectivity index (χ4v) is 4.40. The highest BCUT2D eigenvalue weighted by Gasteiger charge is 2.48. The summed E-state index contributed by atoms with van der Waals surface area (Å²) in [5.41, 5.74) is 0.647. The van der Waals surface area contributed by atoms with E-state index in [9.17, 15) is 9.18 Å². The number of likely N-dealkylation sites (tertiary alicyclic amines) is 2. The maximum absolute atomic E-state index is 13.2. The topological polar surface area (TPSA) is 56.9 Å². The summed E-state index contributed by atoms with van der Waals surface area (Å²) in [7, 11) is 0. The molecule has 6 heteroatoms. The molecule has 0 saturated carbocycles. The van der Waals surface area contributed by atoms with Gasteiger partial charge in [-0.3, -0.25) is 9.69 Å². The molecule has 1 aromatic heterocycles. The van der Waals surface area contributed by atoms with Crippen molar-refractivity contribution in [2.45, 2.75) is 39.0 Å². The van der Waals surface area contributed by atoms with Crippen LogP contribution in [-0.4, -0.2) is 40.4 Å². The number of amides is 1. The summed E-state index contributed by atoms with van der Waals surface area (Å²) in [6, 6.07) is 10.1. The van der Waals surface area contributed by atoms with Gasteiger partial charge in [0.15, 0.2) is 0 Å². The Bertz CT molecular complexity index is 804. The van der Waals surface area contributed by atoms with Crippen molar-refractivity contribution in [2.24, 2.45) is 5.41 Å². The Hall–Kier alpha value is -2.18. The summed E-state index contributed by atoms with van der Waals surface area (Å²) in [4.78, 5) is 17.4. The van der Waals surface area contributed by atoms with Gasteiger partial charge in [-0.1, -0.05) is 12.1 Å². The second-order valence-corrected chi connectivity index (χ2v) is 7.72. The van der Waals surface area contributed by atoms with Crippen LogP contribution in [0.2, 0.25) is 0 Å². The van der Waals surface area contributed by atoms with E-state index in [2.05, 4.69) is 4.90 Å². The minimum absolute atomic E-state index is 0.0965. The van der Waals surface area contributed by atoms with Crippen LogP contribution < -0.4 is 0 Å². The summed E-state index contributed by atoms with van der Waals surface area (Å²) < 4.78 is 18.7. The number of piperidine rings is 1. The van der Waals surface area contributed by atoms with E-state index in [-0.39, 0.29) is 23.7 Å². The maximum atomic E-state index is 13.2. The summed E-state index contributed by atoms with van der Waals surface area (Å²) in [5, 5.41) is 9.13. The van der Waals surface area contributed by atoms with Crippen molar-refractivity contribution < 1.29 is 18.7 Å². The number of aliphatic hydroxyl groups is 1. The number of hydrogen-bond donors (Lipinski definition) is 1. The highest BCUT2D eigenvalue weighted by Crippen LogP contribution is 2.41. The predicted octanol–water partition coefficient (Wildman–Crippen LogP) is 2.93. The Morgan fingerprint density at radius 3 is 2.56 bits per heavy atom. The van der Waals surface area contributed by atoms with Gasteiger partial charge >= 0.3 is 0 Å². The monoisotopic (exact) mass is 372 g/mol. The first kappa shape index (κ1) is 18.2. The number of carbonyl (C=O) groups is 1. The Morgan fingerprint density at radius 1 is 1.04 bits per heavy atom. The van der Waals surface area contributed by atoms with Crippen molar-refractivity contribution in [1.82, 2.24) is 9.80 Å². The first-order valence-electron chi connectivity index (χ1n) is 9.53. The number of carbonyl (C=O) groups excluding carboxylic acids is 1. The number of rotatable bonds is 5. The number of aliphatic hydroxyl groups excluding tert-OH is 1. The van der Waals surface area contributed by atoms with E-state index in [4.69, 9.17) is 9.52 Å². The van der Waals surface area contributed by atoms with Crippen molar-refractivity contribution in [3.8, 4) is 0 Å². The standard InChI is InChI=1S/C21H25FN2O3/c22-17-4-2-16(3-5-17)12-24-10-1-8-21(20(24)26)9-11-23(15-21)13-18-6-7-19(14-25)27-18/h2-7,25H,1,8-15H2. The molecule has 0 radical (unpaired) electrons. The van der Waals surface area contributed by atoms with E-state index in [0.29, 0.717) is 18.8 Å². The van der Waals surface area contributed by atoms with E-state index in [1.807, 2.05) is 11.0 Å². The predicted molar refractivity (Wildman–Crippen MR) is 98.0 cm³/mol. The molecule has 27 heavy (non-hydrogen) atoms. The van der Waals surface area contributed by atoms with E-state index in [0.717, 1.165) is 50.2 Å². The van der Waals surface area contributed by atoms with Crippen LogP contribution in [0.3, 0.4) is 0 Å².